The number of amidine groups is 1. The molecule has 4 nitrogen and oxygen atoms in total. The van der Waals surface area contributed by atoms with Crippen molar-refractivity contribution in [3.63, 3.8) is 0 Å². The smallest absolute Gasteiger partial charge is 0.266 e. The van der Waals surface area contributed by atoms with E-state index in [2.05, 4.69) is 41.6 Å². The summed E-state index contributed by atoms with van der Waals surface area (Å²) < 4.78 is 2.20. The predicted octanol–water partition coefficient (Wildman–Crippen LogP) is 3.63. The second-order valence-electron chi connectivity index (χ2n) is 5.48. The van der Waals surface area contributed by atoms with Crippen LogP contribution in [0.25, 0.3) is 11.8 Å². The lowest BCUT2D eigenvalue weighted by molar-refractivity contribution is -0.121. The molecule has 0 atom stereocenters. The zero-order chi connectivity index (χ0) is 16.6. The van der Waals surface area contributed by atoms with Crippen LogP contribution in [0.4, 0.5) is 0 Å². The Morgan fingerprint density at radius 3 is 2.48 bits per heavy atom. The van der Waals surface area contributed by atoms with E-state index in [4.69, 9.17) is 0 Å². The number of likely N-dealkylation sites (N-methyl/N-ethyl adjacent to an activating group) is 1. The maximum absolute atomic E-state index is 12.3. The molecule has 1 fully saturated rings. The first-order valence-electron chi connectivity index (χ1n) is 7.41. The zero-order valence-corrected chi connectivity index (χ0v) is 14.5. The lowest BCUT2D eigenvalue weighted by atomic mass is 10.2. The fraction of sp³-hybridized carbons (Fsp3) is 0.222. The van der Waals surface area contributed by atoms with E-state index in [0.29, 0.717) is 4.91 Å². The van der Waals surface area contributed by atoms with Gasteiger partial charge in [0, 0.05) is 31.2 Å². The first-order valence-corrected chi connectivity index (χ1v) is 8.23. The highest BCUT2D eigenvalue weighted by Crippen LogP contribution is 2.32. The third-order valence-corrected chi connectivity index (χ3v) is 5.12. The number of aliphatic imine (C=N–C) groups is 1. The molecule has 118 valence electrons. The SMILES string of the molecule is CN=C1SC(=Cc2cc(C)n(-c3ccccc3)c2C)C(=O)N1C. The third kappa shape index (κ3) is 2.72. The number of para-hydroxylation sites is 1. The van der Waals surface area contributed by atoms with Crippen LogP contribution in [0.2, 0.25) is 0 Å². The summed E-state index contributed by atoms with van der Waals surface area (Å²) in [5, 5.41) is 0.734. The normalized spacial score (nSPS) is 18.4. The molecule has 0 unspecified atom stereocenters. The molecule has 23 heavy (non-hydrogen) atoms. The van der Waals surface area contributed by atoms with E-state index >= 15 is 0 Å². The van der Waals surface area contributed by atoms with Crippen molar-refractivity contribution < 1.29 is 4.79 Å². The number of carbonyl (C=O) groups excluding carboxylic acids is 1. The molecule has 0 bridgehead atoms. The van der Waals surface area contributed by atoms with Gasteiger partial charge in [-0.2, -0.15) is 0 Å². The number of carbonyl (C=O) groups is 1. The Kier molecular flexibility index (Phi) is 4.13. The highest BCUT2D eigenvalue weighted by Gasteiger charge is 2.30. The molecular weight excluding hydrogens is 306 g/mol. The number of nitrogens with zero attached hydrogens (tertiary/aromatic N) is 3. The summed E-state index contributed by atoms with van der Waals surface area (Å²) in [6.45, 7) is 4.16. The minimum Gasteiger partial charge on any atom is -0.318 e. The summed E-state index contributed by atoms with van der Waals surface area (Å²) >= 11 is 1.42. The van der Waals surface area contributed by atoms with Crippen molar-refractivity contribution in [1.29, 1.82) is 0 Å². The second kappa shape index (κ2) is 6.08. The number of amides is 1. The summed E-state index contributed by atoms with van der Waals surface area (Å²) in [7, 11) is 3.46. The zero-order valence-electron chi connectivity index (χ0n) is 13.7. The maximum atomic E-state index is 12.3. The molecule has 1 aliphatic rings. The lowest BCUT2D eigenvalue weighted by Crippen LogP contribution is -2.23. The number of rotatable bonds is 2. The molecule has 1 aromatic carbocycles. The second-order valence-corrected chi connectivity index (χ2v) is 6.49. The molecule has 2 heterocycles. The van der Waals surface area contributed by atoms with Crippen LogP contribution < -0.4 is 0 Å². The Bertz CT molecular complexity index is 818. The molecule has 1 aliphatic heterocycles. The Morgan fingerprint density at radius 2 is 1.87 bits per heavy atom. The van der Waals surface area contributed by atoms with E-state index in [-0.39, 0.29) is 5.91 Å². The molecule has 0 spiro atoms. The van der Waals surface area contributed by atoms with Gasteiger partial charge in [-0.15, -0.1) is 0 Å². The van der Waals surface area contributed by atoms with Gasteiger partial charge in [0.15, 0.2) is 5.17 Å². The minimum absolute atomic E-state index is 0.000106. The van der Waals surface area contributed by atoms with Gasteiger partial charge < -0.3 is 4.57 Å². The summed E-state index contributed by atoms with van der Waals surface area (Å²) in [6, 6.07) is 12.4. The van der Waals surface area contributed by atoms with Crippen molar-refractivity contribution in [2.45, 2.75) is 13.8 Å². The van der Waals surface area contributed by atoms with Crippen molar-refractivity contribution >= 4 is 28.9 Å². The summed E-state index contributed by atoms with van der Waals surface area (Å²) in [6.07, 6.45) is 1.96. The first-order chi connectivity index (χ1) is 11.0. The quantitative estimate of drug-likeness (QED) is 0.791. The molecule has 3 rings (SSSR count). The van der Waals surface area contributed by atoms with Crippen LogP contribution in [-0.4, -0.2) is 34.6 Å². The van der Waals surface area contributed by atoms with E-state index in [1.54, 1.807) is 19.0 Å². The van der Waals surface area contributed by atoms with Crippen molar-refractivity contribution in [2.24, 2.45) is 4.99 Å². The van der Waals surface area contributed by atoms with Crippen LogP contribution in [0.3, 0.4) is 0 Å². The standard InChI is InChI=1S/C18H19N3OS/c1-12-10-14(11-16-17(22)20(4)18(19-3)23-16)13(2)21(12)15-8-6-5-7-9-15/h5-11H,1-4H3. The molecule has 0 radical (unpaired) electrons. The van der Waals surface area contributed by atoms with Crippen LogP contribution in [-0.2, 0) is 4.79 Å². The number of benzene rings is 1. The van der Waals surface area contributed by atoms with Gasteiger partial charge in [-0.1, -0.05) is 18.2 Å². The Hall–Kier alpha value is -2.27. The van der Waals surface area contributed by atoms with Gasteiger partial charge in [-0.25, -0.2) is 0 Å². The fourth-order valence-electron chi connectivity index (χ4n) is 2.80. The van der Waals surface area contributed by atoms with Crippen LogP contribution >= 0.6 is 11.8 Å². The highest BCUT2D eigenvalue weighted by atomic mass is 32.2. The summed E-state index contributed by atoms with van der Waals surface area (Å²) in [4.78, 5) is 18.7. The molecule has 1 saturated heterocycles. The fourth-order valence-corrected chi connectivity index (χ4v) is 3.72. The molecule has 0 saturated carbocycles. The van der Waals surface area contributed by atoms with Crippen molar-refractivity contribution in [3.8, 4) is 5.69 Å². The van der Waals surface area contributed by atoms with Gasteiger partial charge in [-0.05, 0) is 55.4 Å². The van der Waals surface area contributed by atoms with E-state index in [9.17, 15) is 4.79 Å². The topological polar surface area (TPSA) is 37.6 Å². The molecule has 1 amide bonds. The molecule has 1 aromatic heterocycles. The number of hydrogen-bond acceptors (Lipinski definition) is 3. The van der Waals surface area contributed by atoms with Gasteiger partial charge in [0.05, 0.1) is 4.91 Å². The molecule has 5 heteroatoms. The van der Waals surface area contributed by atoms with Gasteiger partial charge >= 0.3 is 0 Å². The number of thioether (sulfide) groups is 1. The van der Waals surface area contributed by atoms with Crippen molar-refractivity contribution in [2.75, 3.05) is 14.1 Å². The van der Waals surface area contributed by atoms with Gasteiger partial charge in [0.25, 0.3) is 5.91 Å². The van der Waals surface area contributed by atoms with E-state index < -0.39 is 0 Å². The van der Waals surface area contributed by atoms with Crippen molar-refractivity contribution in [3.05, 3.63) is 58.3 Å². The maximum Gasteiger partial charge on any atom is 0.266 e. The Balaban J connectivity index is 2.03. The highest BCUT2D eigenvalue weighted by molar-refractivity contribution is 8.18. The monoisotopic (exact) mass is 325 g/mol. The Labute approximate surface area is 140 Å². The molecule has 2 aromatic rings. The largest absolute Gasteiger partial charge is 0.318 e. The van der Waals surface area contributed by atoms with Crippen LogP contribution in [0.15, 0.2) is 46.3 Å². The van der Waals surface area contributed by atoms with E-state index in [1.807, 2.05) is 24.3 Å². The predicted molar refractivity (Wildman–Crippen MR) is 96.9 cm³/mol. The minimum atomic E-state index is 0.000106. The van der Waals surface area contributed by atoms with Crippen LogP contribution in [0.1, 0.15) is 17.0 Å². The molecule has 0 aliphatic carbocycles. The third-order valence-electron chi connectivity index (χ3n) is 3.97. The first kappa shape index (κ1) is 15.6. The summed E-state index contributed by atoms with van der Waals surface area (Å²) in [5.41, 5.74) is 4.46. The average Bonchev–Trinajstić information content (AvgIpc) is 2.99. The number of aryl methyl sites for hydroxylation is 1. The van der Waals surface area contributed by atoms with Crippen molar-refractivity contribution in [1.82, 2.24) is 9.47 Å². The summed E-state index contributed by atoms with van der Waals surface area (Å²) in [5.74, 6) is 0.000106. The Morgan fingerprint density at radius 1 is 1.17 bits per heavy atom. The van der Waals surface area contributed by atoms with Crippen LogP contribution in [0, 0.1) is 13.8 Å². The molecule has 0 N–H and O–H groups in total. The lowest BCUT2D eigenvalue weighted by Gasteiger charge is -2.09. The molecular formula is C18H19N3OS. The van der Waals surface area contributed by atoms with Gasteiger partial charge in [-0.3, -0.25) is 14.7 Å². The number of hydrogen-bond donors (Lipinski definition) is 0. The van der Waals surface area contributed by atoms with E-state index in [0.717, 1.165) is 27.8 Å². The average molecular weight is 325 g/mol. The van der Waals surface area contributed by atoms with Crippen LogP contribution in [0.5, 0.6) is 0 Å². The van der Waals surface area contributed by atoms with Gasteiger partial charge in [0.1, 0.15) is 0 Å². The van der Waals surface area contributed by atoms with E-state index in [1.165, 1.54) is 11.8 Å². The number of aromatic nitrogens is 1. The van der Waals surface area contributed by atoms with Gasteiger partial charge in [0.2, 0.25) is 0 Å².